The summed E-state index contributed by atoms with van der Waals surface area (Å²) in [6, 6.07) is 8.10. The van der Waals surface area contributed by atoms with Crippen molar-refractivity contribution in [1.82, 2.24) is 0 Å². The van der Waals surface area contributed by atoms with E-state index in [1.807, 2.05) is 24.3 Å². The number of hydrogen-bond acceptors (Lipinski definition) is 2. The second-order valence-corrected chi connectivity index (χ2v) is 4.60. The van der Waals surface area contributed by atoms with Crippen LogP contribution in [0.15, 0.2) is 59.5 Å². The van der Waals surface area contributed by atoms with E-state index in [1.54, 1.807) is 0 Å². The number of rotatable bonds is 1. The summed E-state index contributed by atoms with van der Waals surface area (Å²) in [6.07, 6.45) is 6.18. The third-order valence-corrected chi connectivity index (χ3v) is 3.13. The van der Waals surface area contributed by atoms with Crippen LogP contribution in [-0.2, 0) is 0 Å². The second-order valence-electron chi connectivity index (χ2n) is 3.53. The van der Waals surface area contributed by atoms with Crippen LogP contribution < -0.4 is 0 Å². The van der Waals surface area contributed by atoms with Crippen LogP contribution in [0.3, 0.4) is 0 Å². The van der Waals surface area contributed by atoms with Crippen molar-refractivity contribution in [1.29, 1.82) is 0 Å². The van der Waals surface area contributed by atoms with Crippen molar-refractivity contribution in [2.45, 2.75) is 10.1 Å². The van der Waals surface area contributed by atoms with Crippen molar-refractivity contribution in [2.75, 3.05) is 0 Å². The monoisotopic (exact) mass is 232 g/mol. The first-order valence-corrected chi connectivity index (χ1v) is 5.69. The molecule has 0 spiro atoms. The smallest absolute Gasteiger partial charge is 0.0450 e. The molecule has 1 aromatic carbocycles. The van der Waals surface area contributed by atoms with Gasteiger partial charge >= 0.3 is 0 Å². The maximum atomic E-state index is 4.45. The molecule has 2 heteroatoms. The van der Waals surface area contributed by atoms with Gasteiger partial charge in [0.2, 0.25) is 0 Å². The van der Waals surface area contributed by atoms with E-state index in [4.69, 9.17) is 0 Å². The summed E-state index contributed by atoms with van der Waals surface area (Å²) in [6.45, 7) is 3.92. The van der Waals surface area contributed by atoms with E-state index in [9.17, 15) is 0 Å². The van der Waals surface area contributed by atoms with Crippen LogP contribution >= 0.6 is 25.3 Å². The minimum absolute atomic E-state index is 0.119. The standard InChI is InChI=1S/C13H12S2/c1-9-5-6-11(8-13(9)15)10-3-2-4-12(14)7-10/h2-8,13-15H,1H2. The lowest BCUT2D eigenvalue weighted by Gasteiger charge is -2.14. The number of allylic oxidation sites excluding steroid dienone is 3. The van der Waals surface area contributed by atoms with Gasteiger partial charge in [-0.05, 0) is 28.8 Å². The Kier molecular flexibility index (Phi) is 3.08. The molecule has 0 N–H and O–H groups in total. The summed E-state index contributed by atoms with van der Waals surface area (Å²) in [7, 11) is 0. The van der Waals surface area contributed by atoms with Crippen molar-refractivity contribution >= 4 is 30.8 Å². The Hall–Kier alpha value is -0.860. The lowest BCUT2D eigenvalue weighted by Crippen LogP contribution is -2.01. The zero-order chi connectivity index (χ0) is 10.8. The number of benzene rings is 1. The average molecular weight is 232 g/mol. The molecule has 0 aromatic heterocycles. The van der Waals surface area contributed by atoms with Gasteiger partial charge in [0.1, 0.15) is 0 Å². The fourth-order valence-electron chi connectivity index (χ4n) is 1.51. The van der Waals surface area contributed by atoms with Crippen LogP contribution in [0.5, 0.6) is 0 Å². The van der Waals surface area contributed by atoms with Gasteiger partial charge in [0, 0.05) is 10.1 Å². The molecule has 0 heterocycles. The Morgan fingerprint density at radius 2 is 2.00 bits per heavy atom. The molecule has 1 aromatic rings. The highest BCUT2D eigenvalue weighted by Gasteiger charge is 2.09. The highest BCUT2D eigenvalue weighted by molar-refractivity contribution is 7.81. The van der Waals surface area contributed by atoms with Gasteiger partial charge in [0.05, 0.1) is 0 Å². The molecule has 0 nitrogen and oxygen atoms in total. The highest BCUT2D eigenvalue weighted by atomic mass is 32.1. The molecule has 0 amide bonds. The predicted molar refractivity (Wildman–Crippen MR) is 72.7 cm³/mol. The van der Waals surface area contributed by atoms with E-state index in [2.05, 4.69) is 50.1 Å². The van der Waals surface area contributed by atoms with Crippen LogP contribution in [0.2, 0.25) is 0 Å². The van der Waals surface area contributed by atoms with Crippen molar-refractivity contribution in [2.24, 2.45) is 0 Å². The summed E-state index contributed by atoms with van der Waals surface area (Å²) in [5, 5.41) is 0.119. The van der Waals surface area contributed by atoms with Crippen LogP contribution in [0, 0.1) is 0 Å². The van der Waals surface area contributed by atoms with Gasteiger partial charge in [0.15, 0.2) is 0 Å². The molecular formula is C13H12S2. The lowest BCUT2D eigenvalue weighted by molar-refractivity contribution is 1.31. The largest absolute Gasteiger partial charge is 0.167 e. The highest BCUT2D eigenvalue weighted by Crippen LogP contribution is 2.27. The molecule has 0 bridgehead atoms. The third kappa shape index (κ3) is 2.39. The Morgan fingerprint density at radius 1 is 1.20 bits per heavy atom. The molecule has 0 aliphatic heterocycles. The fraction of sp³-hybridized carbons (Fsp3) is 0.0769. The van der Waals surface area contributed by atoms with Gasteiger partial charge in [-0.1, -0.05) is 36.9 Å². The van der Waals surface area contributed by atoms with E-state index in [0.717, 1.165) is 10.5 Å². The predicted octanol–water partition coefficient (Wildman–Crippen LogP) is 3.78. The number of hydrogen-bond donors (Lipinski definition) is 2. The molecule has 0 saturated heterocycles. The maximum Gasteiger partial charge on any atom is 0.0450 e. The van der Waals surface area contributed by atoms with E-state index in [1.165, 1.54) is 11.1 Å². The van der Waals surface area contributed by atoms with E-state index in [0.29, 0.717) is 0 Å². The minimum Gasteiger partial charge on any atom is -0.167 e. The Bertz CT molecular complexity index is 455. The summed E-state index contributed by atoms with van der Waals surface area (Å²) >= 11 is 8.77. The molecule has 1 atom stereocenters. The molecule has 0 fully saturated rings. The quantitative estimate of drug-likeness (QED) is 0.676. The topological polar surface area (TPSA) is 0 Å². The molecule has 2 rings (SSSR count). The summed E-state index contributed by atoms with van der Waals surface area (Å²) in [4.78, 5) is 0.974. The number of thiol groups is 2. The van der Waals surface area contributed by atoms with Crippen molar-refractivity contribution < 1.29 is 0 Å². The van der Waals surface area contributed by atoms with E-state index < -0.39 is 0 Å². The van der Waals surface area contributed by atoms with Crippen molar-refractivity contribution in [3.8, 4) is 0 Å². The zero-order valence-corrected chi connectivity index (χ0v) is 10.0. The van der Waals surface area contributed by atoms with Gasteiger partial charge in [-0.3, -0.25) is 0 Å². The minimum atomic E-state index is 0.119. The summed E-state index contributed by atoms with van der Waals surface area (Å²) < 4.78 is 0. The van der Waals surface area contributed by atoms with Crippen molar-refractivity contribution in [3.63, 3.8) is 0 Å². The third-order valence-electron chi connectivity index (χ3n) is 2.37. The van der Waals surface area contributed by atoms with Crippen LogP contribution in [0.4, 0.5) is 0 Å². The second kappa shape index (κ2) is 4.33. The van der Waals surface area contributed by atoms with E-state index >= 15 is 0 Å². The van der Waals surface area contributed by atoms with Gasteiger partial charge in [-0.15, -0.1) is 12.6 Å². The molecule has 1 unspecified atom stereocenters. The van der Waals surface area contributed by atoms with Crippen LogP contribution in [0.1, 0.15) is 5.56 Å². The Morgan fingerprint density at radius 3 is 2.67 bits per heavy atom. The summed E-state index contributed by atoms with van der Waals surface area (Å²) in [5.41, 5.74) is 3.38. The SMILES string of the molecule is C=C1C=CC(c2cccc(S)c2)=CC1S. The first-order valence-electron chi connectivity index (χ1n) is 4.73. The molecule has 0 saturated carbocycles. The zero-order valence-electron chi connectivity index (χ0n) is 8.22. The Labute approximate surface area is 101 Å². The van der Waals surface area contributed by atoms with Gasteiger partial charge in [-0.2, -0.15) is 12.6 Å². The molecular weight excluding hydrogens is 220 g/mol. The van der Waals surface area contributed by atoms with Crippen LogP contribution in [-0.4, -0.2) is 5.25 Å². The first-order chi connectivity index (χ1) is 7.16. The molecule has 1 aliphatic rings. The van der Waals surface area contributed by atoms with E-state index in [-0.39, 0.29) is 5.25 Å². The first kappa shape index (κ1) is 10.7. The van der Waals surface area contributed by atoms with Crippen molar-refractivity contribution in [3.05, 3.63) is 60.2 Å². The van der Waals surface area contributed by atoms with Gasteiger partial charge in [-0.25, -0.2) is 0 Å². The van der Waals surface area contributed by atoms with Crippen LogP contribution in [0.25, 0.3) is 5.57 Å². The lowest BCUT2D eigenvalue weighted by atomic mass is 9.97. The molecule has 15 heavy (non-hydrogen) atoms. The van der Waals surface area contributed by atoms with Gasteiger partial charge < -0.3 is 0 Å². The molecule has 76 valence electrons. The fourth-order valence-corrected chi connectivity index (χ4v) is 1.98. The summed E-state index contributed by atoms with van der Waals surface area (Å²) in [5.74, 6) is 0. The maximum absolute atomic E-state index is 4.45. The molecule has 1 aliphatic carbocycles. The average Bonchev–Trinajstić information content (AvgIpc) is 2.22. The Balaban J connectivity index is 2.37. The molecule has 0 radical (unpaired) electrons. The van der Waals surface area contributed by atoms with Gasteiger partial charge in [0.25, 0.3) is 0 Å². The normalized spacial score (nSPS) is 20.3.